The summed E-state index contributed by atoms with van der Waals surface area (Å²) < 4.78 is 26.8. The van der Waals surface area contributed by atoms with E-state index in [0.29, 0.717) is 6.42 Å². The van der Waals surface area contributed by atoms with Crippen LogP contribution in [0.15, 0.2) is 85.3 Å². The summed E-state index contributed by atoms with van der Waals surface area (Å²) in [6.45, 7) is 4.31. The summed E-state index contributed by atoms with van der Waals surface area (Å²) in [5, 5.41) is 0. The topological polar surface area (TPSA) is 82.1 Å². The van der Waals surface area contributed by atoms with Gasteiger partial charge in [-0.3, -0.25) is 9.36 Å². The van der Waals surface area contributed by atoms with Gasteiger partial charge < -0.3 is 18.9 Å². The van der Waals surface area contributed by atoms with Crippen LogP contribution in [0.4, 0.5) is 0 Å². The van der Waals surface area contributed by atoms with Crippen LogP contribution in [-0.4, -0.2) is 30.2 Å². The zero-order valence-corrected chi connectivity index (χ0v) is 31.4. The lowest BCUT2D eigenvalue weighted by Crippen LogP contribution is -2.27. The van der Waals surface area contributed by atoms with Crippen LogP contribution < -0.4 is 0 Å². The van der Waals surface area contributed by atoms with E-state index in [1.54, 1.807) is 6.26 Å². The summed E-state index contributed by atoms with van der Waals surface area (Å²) >= 11 is 0. The van der Waals surface area contributed by atoms with Crippen LogP contribution in [0.1, 0.15) is 149 Å². The molecule has 2 unspecified atom stereocenters. The molecular weight excluding hydrogens is 619 g/mol. The van der Waals surface area contributed by atoms with E-state index >= 15 is 0 Å². The van der Waals surface area contributed by atoms with Crippen molar-refractivity contribution in [2.75, 3.05) is 13.2 Å². The average molecular weight is 689 g/mol. The molecule has 48 heavy (non-hydrogen) atoms. The molecule has 0 aliphatic rings. The molecule has 7 heteroatoms. The number of esters is 1. The molecule has 6 nitrogen and oxygen atoms in total. The Balaban J connectivity index is 3.97. The largest absolute Gasteiger partial charge is 0.498 e. The van der Waals surface area contributed by atoms with E-state index in [2.05, 4.69) is 74.6 Å². The van der Waals surface area contributed by atoms with Crippen LogP contribution in [0.25, 0.3) is 0 Å². The Bertz CT molecular complexity index is 947. The van der Waals surface area contributed by atoms with Crippen molar-refractivity contribution in [2.45, 2.75) is 155 Å². The van der Waals surface area contributed by atoms with Crippen LogP contribution in [0, 0.1) is 0 Å². The molecule has 0 bridgehead atoms. The SMILES string of the molecule is CC/C=C\C/C=C\C/C=C\C/C=C\C/C=C\C/C=C\CCC(=O)OC(CO/C=C\CCCCCCCCCCCCCC)CO[PH](=O)O. The number of hydrogen-bond acceptors (Lipinski definition) is 5. The molecule has 0 aromatic carbocycles. The Hall–Kier alpha value is -2.40. The van der Waals surface area contributed by atoms with Crippen LogP contribution in [0.3, 0.4) is 0 Å². The first-order valence-electron chi connectivity index (χ1n) is 18.8. The molecule has 0 aromatic rings. The first-order valence-corrected chi connectivity index (χ1v) is 20.1. The molecule has 0 heterocycles. The summed E-state index contributed by atoms with van der Waals surface area (Å²) in [5.41, 5.74) is 0. The van der Waals surface area contributed by atoms with E-state index in [4.69, 9.17) is 18.9 Å². The second-order valence-corrected chi connectivity index (χ2v) is 12.8. The number of ether oxygens (including phenoxy) is 2. The van der Waals surface area contributed by atoms with Gasteiger partial charge >= 0.3 is 14.2 Å². The minimum absolute atomic E-state index is 0.0791. The van der Waals surface area contributed by atoms with Crippen molar-refractivity contribution < 1.29 is 28.3 Å². The van der Waals surface area contributed by atoms with Gasteiger partial charge in [0.1, 0.15) is 6.61 Å². The monoisotopic (exact) mass is 688 g/mol. The molecule has 1 N–H and O–H groups in total. The Kier molecular flexibility index (Phi) is 37.1. The summed E-state index contributed by atoms with van der Waals surface area (Å²) in [4.78, 5) is 21.3. The van der Waals surface area contributed by atoms with Crippen molar-refractivity contribution in [1.82, 2.24) is 0 Å². The Labute approximate surface area is 295 Å². The highest BCUT2D eigenvalue weighted by Crippen LogP contribution is 2.16. The highest BCUT2D eigenvalue weighted by molar-refractivity contribution is 7.32. The van der Waals surface area contributed by atoms with Gasteiger partial charge in [-0.05, 0) is 63.9 Å². The molecule has 0 amide bonds. The van der Waals surface area contributed by atoms with Gasteiger partial charge in [0.2, 0.25) is 0 Å². The van der Waals surface area contributed by atoms with Crippen LogP contribution in [0.5, 0.6) is 0 Å². The summed E-state index contributed by atoms with van der Waals surface area (Å²) in [7, 11) is -3.11. The third-order valence-corrected chi connectivity index (χ3v) is 7.92. The fourth-order valence-corrected chi connectivity index (χ4v) is 5.10. The minimum Gasteiger partial charge on any atom is -0.498 e. The van der Waals surface area contributed by atoms with Crippen LogP contribution >= 0.6 is 8.25 Å². The Morgan fingerprint density at radius 1 is 0.583 bits per heavy atom. The van der Waals surface area contributed by atoms with Crippen molar-refractivity contribution in [1.29, 1.82) is 0 Å². The predicted molar refractivity (Wildman–Crippen MR) is 205 cm³/mol. The summed E-state index contributed by atoms with van der Waals surface area (Å²) in [6.07, 6.45) is 52.0. The van der Waals surface area contributed by atoms with Gasteiger partial charge in [-0.2, -0.15) is 0 Å². The fourth-order valence-electron chi connectivity index (χ4n) is 4.77. The van der Waals surface area contributed by atoms with Gasteiger partial charge in [0.05, 0.1) is 12.9 Å². The van der Waals surface area contributed by atoms with Crippen molar-refractivity contribution in [2.24, 2.45) is 0 Å². The number of carbonyl (C=O) groups is 1. The van der Waals surface area contributed by atoms with Gasteiger partial charge in [-0.25, -0.2) is 0 Å². The van der Waals surface area contributed by atoms with E-state index in [0.717, 1.165) is 51.4 Å². The maximum Gasteiger partial charge on any atom is 0.316 e. The fraction of sp³-hybridized carbons (Fsp3) is 0.634. The van der Waals surface area contributed by atoms with E-state index in [-0.39, 0.29) is 25.6 Å². The van der Waals surface area contributed by atoms with Gasteiger partial charge in [0, 0.05) is 6.42 Å². The van der Waals surface area contributed by atoms with Crippen molar-refractivity contribution in [3.8, 4) is 0 Å². The third kappa shape index (κ3) is 38.1. The number of allylic oxidation sites excluding steroid dienone is 13. The summed E-state index contributed by atoms with van der Waals surface area (Å²) in [6, 6.07) is 0. The zero-order valence-electron chi connectivity index (χ0n) is 30.4. The highest BCUT2D eigenvalue weighted by atomic mass is 31.1. The lowest BCUT2D eigenvalue weighted by molar-refractivity contribution is -0.152. The van der Waals surface area contributed by atoms with Gasteiger partial charge in [0.25, 0.3) is 0 Å². The van der Waals surface area contributed by atoms with Crippen LogP contribution in [0.2, 0.25) is 0 Å². The van der Waals surface area contributed by atoms with Crippen molar-refractivity contribution in [3.05, 3.63) is 85.3 Å². The first kappa shape index (κ1) is 45.6. The molecule has 0 aliphatic carbocycles. The standard InChI is InChI=1S/C41H69O6P/c1-3-5-7-9-11-13-15-17-19-20-21-22-23-24-26-28-30-32-34-36-41(42)47-40(39-46-48(43)44)38-45-37-35-33-31-29-27-25-18-16-14-12-10-8-6-4-2/h5,7,11,13,17,19,21-22,24,26,30,32,35,37,40,48H,3-4,6,8-10,12,14-16,18,20,23,25,27-29,31,33-34,36,38-39H2,1-2H3,(H,43,44)/b7-5-,13-11-,19-17-,22-21-,26-24-,32-30-,37-35-. The number of rotatable bonds is 34. The van der Waals surface area contributed by atoms with Crippen LogP contribution in [-0.2, 0) is 23.4 Å². The predicted octanol–water partition coefficient (Wildman–Crippen LogP) is 12.4. The molecule has 2 atom stereocenters. The molecule has 0 saturated carbocycles. The average Bonchev–Trinajstić information content (AvgIpc) is 3.07. The quantitative estimate of drug-likeness (QED) is 0.0238. The van der Waals surface area contributed by atoms with Gasteiger partial charge in [-0.15, -0.1) is 0 Å². The zero-order chi connectivity index (χ0) is 35.0. The maximum atomic E-state index is 12.3. The number of unbranched alkanes of at least 4 members (excludes halogenated alkanes) is 12. The first-order chi connectivity index (χ1) is 23.6. The molecule has 0 aliphatic heterocycles. The van der Waals surface area contributed by atoms with E-state index < -0.39 is 14.4 Å². The van der Waals surface area contributed by atoms with E-state index in [9.17, 15) is 9.36 Å². The maximum absolute atomic E-state index is 12.3. The lowest BCUT2D eigenvalue weighted by Gasteiger charge is -2.16. The number of carbonyl (C=O) groups excluding carboxylic acids is 1. The number of hydrogen-bond donors (Lipinski definition) is 1. The van der Waals surface area contributed by atoms with Gasteiger partial charge in [0.15, 0.2) is 6.10 Å². The van der Waals surface area contributed by atoms with E-state index in [1.165, 1.54) is 70.6 Å². The summed E-state index contributed by atoms with van der Waals surface area (Å²) in [5.74, 6) is -0.384. The molecule has 0 aromatic heterocycles. The van der Waals surface area contributed by atoms with Crippen molar-refractivity contribution >= 4 is 14.2 Å². The van der Waals surface area contributed by atoms with E-state index in [1.807, 2.05) is 18.2 Å². The minimum atomic E-state index is -3.11. The Morgan fingerprint density at radius 2 is 1.04 bits per heavy atom. The lowest BCUT2D eigenvalue weighted by atomic mass is 10.0. The smallest absolute Gasteiger partial charge is 0.316 e. The molecule has 0 spiro atoms. The van der Waals surface area contributed by atoms with Crippen molar-refractivity contribution in [3.63, 3.8) is 0 Å². The second kappa shape index (κ2) is 39.0. The highest BCUT2D eigenvalue weighted by Gasteiger charge is 2.16. The molecule has 0 fully saturated rings. The van der Waals surface area contributed by atoms with Gasteiger partial charge in [-0.1, -0.05) is 157 Å². The molecule has 274 valence electrons. The second-order valence-electron chi connectivity index (χ2n) is 12.0. The normalized spacial score (nSPS) is 13.9. The Morgan fingerprint density at radius 3 is 1.52 bits per heavy atom. The third-order valence-electron chi connectivity index (χ3n) is 7.50. The molecule has 0 rings (SSSR count). The molecular formula is C41H69O6P. The molecule has 0 radical (unpaired) electrons. The molecule has 0 saturated heterocycles.